The zero-order valence-electron chi connectivity index (χ0n) is 10.8. The van der Waals surface area contributed by atoms with Gasteiger partial charge in [0.05, 0.1) is 5.02 Å². The molecule has 3 rings (SSSR count). The number of aromatic nitrogens is 1. The third kappa shape index (κ3) is 3.89. The van der Waals surface area contributed by atoms with E-state index < -0.39 is 0 Å². The lowest BCUT2D eigenvalue weighted by Gasteiger charge is -2.10. The molecule has 1 aliphatic rings. The van der Waals surface area contributed by atoms with Crippen molar-refractivity contribution in [3.8, 4) is 0 Å². The molecule has 1 saturated carbocycles. The standard InChI is InChI=1S/C15H14Cl2N2S/c16-11-1-5-14(10(7-11)8-18-13-3-4-13)20-15-6-2-12(17)9-19-15/h1-2,5-7,9,13,18H,3-4,8H2. The Morgan fingerprint density at radius 2 is 1.95 bits per heavy atom. The first kappa shape index (κ1) is 14.2. The van der Waals surface area contributed by atoms with E-state index in [1.807, 2.05) is 30.3 Å². The van der Waals surface area contributed by atoms with Gasteiger partial charge in [0.2, 0.25) is 0 Å². The highest BCUT2D eigenvalue weighted by Gasteiger charge is 2.20. The van der Waals surface area contributed by atoms with Crippen LogP contribution in [-0.2, 0) is 6.54 Å². The van der Waals surface area contributed by atoms with Crippen LogP contribution in [0.3, 0.4) is 0 Å². The van der Waals surface area contributed by atoms with Gasteiger partial charge in [-0.05, 0) is 48.7 Å². The normalized spacial score (nSPS) is 14.5. The van der Waals surface area contributed by atoms with Crippen molar-refractivity contribution < 1.29 is 0 Å². The van der Waals surface area contributed by atoms with Gasteiger partial charge in [-0.25, -0.2) is 4.98 Å². The van der Waals surface area contributed by atoms with Gasteiger partial charge in [-0.2, -0.15) is 0 Å². The summed E-state index contributed by atoms with van der Waals surface area (Å²) < 4.78 is 0. The van der Waals surface area contributed by atoms with E-state index in [1.165, 1.54) is 23.3 Å². The van der Waals surface area contributed by atoms with Crippen LogP contribution in [0.1, 0.15) is 18.4 Å². The van der Waals surface area contributed by atoms with Gasteiger partial charge in [0, 0.05) is 28.7 Å². The van der Waals surface area contributed by atoms with E-state index in [1.54, 1.807) is 18.0 Å². The smallest absolute Gasteiger partial charge is 0.101 e. The molecule has 1 aromatic heterocycles. The Bertz CT molecular complexity index is 597. The van der Waals surface area contributed by atoms with E-state index in [0.717, 1.165) is 16.6 Å². The molecule has 0 aliphatic heterocycles. The van der Waals surface area contributed by atoms with E-state index in [-0.39, 0.29) is 0 Å². The van der Waals surface area contributed by atoms with Gasteiger partial charge in [0.25, 0.3) is 0 Å². The van der Waals surface area contributed by atoms with E-state index in [4.69, 9.17) is 23.2 Å². The zero-order valence-corrected chi connectivity index (χ0v) is 13.1. The molecule has 104 valence electrons. The molecule has 1 N–H and O–H groups in total. The summed E-state index contributed by atoms with van der Waals surface area (Å²) >= 11 is 13.6. The molecule has 0 radical (unpaired) electrons. The number of rotatable bonds is 5. The molecule has 1 aromatic carbocycles. The lowest BCUT2D eigenvalue weighted by Crippen LogP contribution is -2.15. The summed E-state index contributed by atoms with van der Waals surface area (Å²) in [5, 5.41) is 5.88. The van der Waals surface area contributed by atoms with Gasteiger partial charge >= 0.3 is 0 Å². The highest BCUT2D eigenvalue weighted by atomic mass is 35.5. The molecule has 0 saturated heterocycles. The lowest BCUT2D eigenvalue weighted by atomic mass is 10.2. The van der Waals surface area contributed by atoms with Crippen molar-refractivity contribution in [3.63, 3.8) is 0 Å². The summed E-state index contributed by atoms with van der Waals surface area (Å²) in [6.45, 7) is 0.848. The van der Waals surface area contributed by atoms with Crippen molar-refractivity contribution in [2.24, 2.45) is 0 Å². The number of halogens is 2. The zero-order chi connectivity index (χ0) is 13.9. The SMILES string of the molecule is Clc1ccc(Sc2ccc(Cl)cc2CNC2CC2)nc1. The topological polar surface area (TPSA) is 24.9 Å². The predicted octanol–water partition coefficient (Wildman–Crippen LogP) is 4.79. The van der Waals surface area contributed by atoms with Crippen LogP contribution in [0.15, 0.2) is 46.5 Å². The second-order valence-corrected chi connectivity index (χ2v) is 6.76. The van der Waals surface area contributed by atoms with E-state index in [2.05, 4.69) is 10.3 Å². The summed E-state index contributed by atoms with van der Waals surface area (Å²) in [6, 6.07) is 10.5. The van der Waals surface area contributed by atoms with Crippen LogP contribution in [0.5, 0.6) is 0 Å². The van der Waals surface area contributed by atoms with Crippen molar-refractivity contribution in [2.75, 3.05) is 0 Å². The fraction of sp³-hybridized carbons (Fsp3) is 0.267. The van der Waals surface area contributed by atoms with Crippen molar-refractivity contribution in [2.45, 2.75) is 35.3 Å². The summed E-state index contributed by atoms with van der Waals surface area (Å²) in [6.07, 6.45) is 4.23. The Hall–Kier alpha value is -0.740. The van der Waals surface area contributed by atoms with E-state index >= 15 is 0 Å². The van der Waals surface area contributed by atoms with E-state index in [0.29, 0.717) is 11.1 Å². The van der Waals surface area contributed by atoms with Crippen molar-refractivity contribution in [1.29, 1.82) is 0 Å². The maximum atomic E-state index is 6.10. The van der Waals surface area contributed by atoms with Crippen LogP contribution < -0.4 is 5.32 Å². The molecule has 0 spiro atoms. The highest BCUT2D eigenvalue weighted by Crippen LogP contribution is 2.32. The molecule has 5 heteroatoms. The maximum absolute atomic E-state index is 6.10. The van der Waals surface area contributed by atoms with E-state index in [9.17, 15) is 0 Å². The molecule has 20 heavy (non-hydrogen) atoms. The Morgan fingerprint density at radius 1 is 1.15 bits per heavy atom. The average molecular weight is 325 g/mol. The average Bonchev–Trinajstić information content (AvgIpc) is 3.25. The van der Waals surface area contributed by atoms with Gasteiger partial charge in [0.15, 0.2) is 0 Å². The molecule has 0 bridgehead atoms. The quantitative estimate of drug-likeness (QED) is 0.855. The third-order valence-electron chi connectivity index (χ3n) is 3.10. The van der Waals surface area contributed by atoms with Crippen LogP contribution in [0, 0.1) is 0 Å². The number of hydrogen-bond donors (Lipinski definition) is 1. The Balaban J connectivity index is 1.77. The number of nitrogens with zero attached hydrogens (tertiary/aromatic N) is 1. The van der Waals surface area contributed by atoms with Gasteiger partial charge in [-0.15, -0.1) is 0 Å². The molecule has 0 amide bonds. The van der Waals surface area contributed by atoms with Crippen LogP contribution >= 0.6 is 35.0 Å². The summed E-state index contributed by atoms with van der Waals surface area (Å²) in [5.41, 5.74) is 1.21. The fourth-order valence-electron chi connectivity index (χ4n) is 1.86. The molecular formula is C15H14Cl2N2S. The third-order valence-corrected chi connectivity index (χ3v) is 4.62. The molecule has 2 nitrogen and oxygen atoms in total. The first-order valence-corrected chi connectivity index (χ1v) is 8.09. The van der Waals surface area contributed by atoms with Crippen LogP contribution in [0.2, 0.25) is 10.0 Å². The lowest BCUT2D eigenvalue weighted by molar-refractivity contribution is 0.680. The van der Waals surface area contributed by atoms with Crippen molar-refractivity contribution in [1.82, 2.24) is 10.3 Å². The minimum absolute atomic E-state index is 0.654. The van der Waals surface area contributed by atoms with Crippen LogP contribution in [0.4, 0.5) is 0 Å². The van der Waals surface area contributed by atoms with Crippen LogP contribution in [0.25, 0.3) is 0 Å². The van der Waals surface area contributed by atoms with Gasteiger partial charge in [-0.3, -0.25) is 0 Å². The minimum Gasteiger partial charge on any atom is -0.310 e. The Morgan fingerprint density at radius 3 is 2.65 bits per heavy atom. The molecule has 0 atom stereocenters. The number of hydrogen-bond acceptors (Lipinski definition) is 3. The van der Waals surface area contributed by atoms with Gasteiger partial charge in [0.1, 0.15) is 5.03 Å². The summed E-state index contributed by atoms with van der Waals surface area (Å²) in [4.78, 5) is 5.50. The maximum Gasteiger partial charge on any atom is 0.101 e. The monoisotopic (exact) mass is 324 g/mol. The van der Waals surface area contributed by atoms with Crippen molar-refractivity contribution in [3.05, 3.63) is 52.1 Å². The predicted molar refractivity (Wildman–Crippen MR) is 84.7 cm³/mol. The van der Waals surface area contributed by atoms with Gasteiger partial charge in [-0.1, -0.05) is 35.0 Å². The first-order chi connectivity index (χ1) is 9.70. The molecule has 1 aliphatic carbocycles. The molecular weight excluding hydrogens is 311 g/mol. The highest BCUT2D eigenvalue weighted by molar-refractivity contribution is 7.99. The second-order valence-electron chi connectivity index (χ2n) is 4.82. The molecule has 1 fully saturated rings. The van der Waals surface area contributed by atoms with Crippen LogP contribution in [-0.4, -0.2) is 11.0 Å². The number of benzene rings is 1. The Kier molecular flexibility index (Phi) is 4.51. The molecule has 0 unspecified atom stereocenters. The molecule has 2 aromatic rings. The summed E-state index contributed by atoms with van der Waals surface area (Å²) in [5.74, 6) is 0. The minimum atomic E-state index is 0.654. The largest absolute Gasteiger partial charge is 0.310 e. The molecule has 1 heterocycles. The second kappa shape index (κ2) is 6.35. The number of nitrogens with one attached hydrogen (secondary N) is 1. The van der Waals surface area contributed by atoms with Crippen molar-refractivity contribution >= 4 is 35.0 Å². The Labute approximate surface area is 132 Å². The number of pyridine rings is 1. The fourth-order valence-corrected chi connectivity index (χ4v) is 3.03. The summed E-state index contributed by atoms with van der Waals surface area (Å²) in [7, 11) is 0. The first-order valence-electron chi connectivity index (χ1n) is 6.52. The van der Waals surface area contributed by atoms with Gasteiger partial charge < -0.3 is 5.32 Å².